The van der Waals surface area contributed by atoms with E-state index in [-0.39, 0.29) is 0 Å². The normalized spacial score (nSPS) is 10.8. The number of benzene rings is 1. The lowest BCUT2D eigenvalue weighted by atomic mass is 10.1. The maximum absolute atomic E-state index is 11.4. The molecular weight excluding hydrogens is 208 g/mol. The molecule has 0 unspecified atom stereocenters. The van der Waals surface area contributed by atoms with E-state index in [2.05, 4.69) is 20.1 Å². The summed E-state index contributed by atoms with van der Waals surface area (Å²) in [6.45, 7) is 0. The van der Waals surface area contributed by atoms with Gasteiger partial charge in [0.1, 0.15) is 0 Å². The van der Waals surface area contributed by atoms with Crippen LogP contribution in [0.25, 0.3) is 11.3 Å². The highest BCUT2D eigenvalue weighted by atomic mass is 16.8. The van der Waals surface area contributed by atoms with Crippen molar-refractivity contribution in [2.24, 2.45) is 4.99 Å². The number of hydrogen-bond acceptors (Lipinski definition) is 4. The summed E-state index contributed by atoms with van der Waals surface area (Å²) in [4.78, 5) is 4.11. The molecule has 0 aliphatic carbocycles. The molecule has 0 atom stereocenters. The molecule has 0 radical (unpaired) electrons. The third-order valence-electron chi connectivity index (χ3n) is 1.99. The third-order valence-corrected chi connectivity index (χ3v) is 1.99. The van der Waals surface area contributed by atoms with E-state index < -0.39 is 0 Å². The Labute approximate surface area is 91.8 Å². The van der Waals surface area contributed by atoms with Gasteiger partial charge in [-0.2, -0.15) is 0 Å². The molecule has 0 saturated carbocycles. The molecule has 82 valence electrons. The van der Waals surface area contributed by atoms with Crippen molar-refractivity contribution in [3.63, 3.8) is 0 Å². The molecule has 0 aliphatic rings. The minimum absolute atomic E-state index is 0.334. The minimum atomic E-state index is 0.334. The van der Waals surface area contributed by atoms with Crippen LogP contribution in [0.5, 0.6) is 0 Å². The molecule has 0 amide bonds. The van der Waals surface area contributed by atoms with Crippen molar-refractivity contribution in [2.75, 3.05) is 12.4 Å². The van der Waals surface area contributed by atoms with Crippen molar-refractivity contribution in [3.05, 3.63) is 35.5 Å². The first kappa shape index (κ1) is 10.2. The van der Waals surface area contributed by atoms with Gasteiger partial charge < -0.3 is 10.5 Å². The minimum Gasteiger partial charge on any atom is -0.359 e. The highest BCUT2D eigenvalue weighted by Crippen LogP contribution is 2.21. The van der Waals surface area contributed by atoms with Gasteiger partial charge in [-0.15, -0.1) is 0 Å². The molecule has 16 heavy (non-hydrogen) atoms. The van der Waals surface area contributed by atoms with E-state index in [0.29, 0.717) is 16.4 Å². The van der Waals surface area contributed by atoms with Gasteiger partial charge in [0.2, 0.25) is 0 Å². The Kier molecular flexibility index (Phi) is 2.81. The molecule has 1 aromatic heterocycles. The number of hydrogen-bond donors (Lipinski definition) is 1. The van der Waals surface area contributed by atoms with Gasteiger partial charge in [0.25, 0.3) is 5.69 Å². The highest BCUT2D eigenvalue weighted by Gasteiger charge is 2.19. The van der Waals surface area contributed by atoms with Crippen LogP contribution in [0.15, 0.2) is 40.0 Å². The van der Waals surface area contributed by atoms with E-state index in [9.17, 15) is 5.21 Å². The molecule has 1 aromatic carbocycles. The quantitative estimate of drug-likeness (QED) is 0.474. The smallest absolute Gasteiger partial charge is 0.320 e. The van der Waals surface area contributed by atoms with E-state index in [1.165, 1.54) is 6.34 Å². The van der Waals surface area contributed by atoms with Gasteiger partial charge in [-0.05, 0) is 4.90 Å². The van der Waals surface area contributed by atoms with E-state index in [4.69, 9.17) is 0 Å². The Balaban J connectivity index is 2.43. The van der Waals surface area contributed by atoms with Crippen LogP contribution in [0.1, 0.15) is 0 Å². The molecule has 1 N–H and O–H groups in total. The van der Waals surface area contributed by atoms with Gasteiger partial charge in [0.05, 0.1) is 11.5 Å². The van der Waals surface area contributed by atoms with Crippen molar-refractivity contribution in [1.82, 2.24) is 5.16 Å². The first-order valence-corrected chi connectivity index (χ1v) is 4.65. The molecule has 1 heterocycles. The lowest BCUT2D eigenvalue weighted by molar-refractivity contribution is -0.793. The molecule has 6 nitrogen and oxygen atoms in total. The van der Waals surface area contributed by atoms with Gasteiger partial charge >= 0.3 is 5.82 Å². The van der Waals surface area contributed by atoms with Crippen LogP contribution in [0, 0.1) is 5.21 Å². The number of nitrogens with zero attached hydrogens (tertiary/aromatic N) is 3. The van der Waals surface area contributed by atoms with E-state index in [0.717, 1.165) is 5.56 Å². The average molecular weight is 218 g/mol. The van der Waals surface area contributed by atoms with Crippen LogP contribution in [0.4, 0.5) is 5.82 Å². The van der Waals surface area contributed by atoms with Crippen LogP contribution >= 0.6 is 0 Å². The Morgan fingerprint density at radius 1 is 1.44 bits per heavy atom. The second-order valence-corrected chi connectivity index (χ2v) is 3.02. The monoisotopic (exact) mass is 218 g/mol. The van der Waals surface area contributed by atoms with Gasteiger partial charge in [0.15, 0.2) is 0 Å². The van der Waals surface area contributed by atoms with Gasteiger partial charge in [0, 0.05) is 12.6 Å². The fourth-order valence-corrected chi connectivity index (χ4v) is 1.31. The summed E-state index contributed by atoms with van der Waals surface area (Å²) >= 11 is 0. The molecule has 0 spiro atoms. The average Bonchev–Trinajstić information content (AvgIpc) is 2.69. The Hall–Kier alpha value is -2.37. The highest BCUT2D eigenvalue weighted by molar-refractivity contribution is 5.80. The number of aliphatic imine (C=N–C) groups is 1. The molecule has 0 aliphatic heterocycles. The van der Waals surface area contributed by atoms with Gasteiger partial charge in [-0.25, -0.2) is 0 Å². The fraction of sp³-hybridized carbons (Fsp3) is 0.100. The number of anilines is 1. The summed E-state index contributed by atoms with van der Waals surface area (Å²) in [5.41, 5.74) is 1.06. The molecule has 6 heteroatoms. The zero-order valence-electron chi connectivity index (χ0n) is 8.62. The summed E-state index contributed by atoms with van der Waals surface area (Å²) < 4.78 is 4.53. The second kappa shape index (κ2) is 4.43. The Bertz CT molecular complexity index is 493. The summed E-state index contributed by atoms with van der Waals surface area (Å²) in [7, 11) is 1.61. The standard InChI is InChI=1S/C10H10N4O2/c1-11-7-12-10-9(14(15)16-13-10)8-5-3-2-4-6-8/h2-7H,1H3,(H,11,12,13). The van der Waals surface area contributed by atoms with Crippen molar-refractivity contribution in [2.45, 2.75) is 0 Å². The van der Waals surface area contributed by atoms with Crippen molar-refractivity contribution in [1.29, 1.82) is 0 Å². The van der Waals surface area contributed by atoms with Crippen LogP contribution in [0.3, 0.4) is 0 Å². The van der Waals surface area contributed by atoms with Crippen LogP contribution < -0.4 is 10.2 Å². The largest absolute Gasteiger partial charge is 0.359 e. The molecule has 0 bridgehead atoms. The molecule has 0 fully saturated rings. The maximum atomic E-state index is 11.4. The summed E-state index contributed by atoms with van der Waals surface area (Å²) in [6.07, 6.45) is 1.43. The van der Waals surface area contributed by atoms with Crippen LogP contribution in [0.2, 0.25) is 0 Å². The molecular formula is C10H10N4O2. The predicted molar refractivity (Wildman–Crippen MR) is 58.9 cm³/mol. The first-order valence-electron chi connectivity index (χ1n) is 4.65. The zero-order chi connectivity index (χ0) is 11.4. The zero-order valence-corrected chi connectivity index (χ0v) is 8.62. The van der Waals surface area contributed by atoms with E-state index in [1.54, 1.807) is 19.2 Å². The topological polar surface area (TPSA) is 77.4 Å². The van der Waals surface area contributed by atoms with Gasteiger partial charge in [-0.1, -0.05) is 30.3 Å². The van der Waals surface area contributed by atoms with Crippen molar-refractivity contribution >= 4 is 12.2 Å². The lowest BCUT2D eigenvalue weighted by Crippen LogP contribution is -2.25. The summed E-state index contributed by atoms with van der Waals surface area (Å²) in [6, 6.07) is 9.14. The Morgan fingerprint density at radius 3 is 2.88 bits per heavy atom. The first-order chi connectivity index (χ1) is 7.83. The predicted octanol–water partition coefficient (Wildman–Crippen LogP) is 1.05. The number of aromatic nitrogens is 2. The number of nitrogens with one attached hydrogen (secondary N) is 1. The summed E-state index contributed by atoms with van der Waals surface area (Å²) in [5, 5.41) is 17.8. The molecule has 0 saturated heterocycles. The molecule has 2 aromatic rings. The van der Waals surface area contributed by atoms with E-state index in [1.807, 2.05) is 18.2 Å². The van der Waals surface area contributed by atoms with Crippen LogP contribution in [-0.2, 0) is 0 Å². The van der Waals surface area contributed by atoms with Crippen molar-refractivity contribution in [3.8, 4) is 11.3 Å². The number of rotatable bonds is 3. The fourth-order valence-electron chi connectivity index (χ4n) is 1.31. The summed E-state index contributed by atoms with van der Waals surface area (Å²) in [5.74, 6) is 0.340. The Morgan fingerprint density at radius 2 is 2.19 bits per heavy atom. The lowest BCUT2D eigenvalue weighted by Gasteiger charge is -1.97. The third kappa shape index (κ3) is 1.85. The van der Waals surface area contributed by atoms with Crippen molar-refractivity contribution < 1.29 is 9.53 Å². The molecule has 2 rings (SSSR count). The van der Waals surface area contributed by atoms with Crippen LogP contribution in [-0.4, -0.2) is 18.5 Å². The van der Waals surface area contributed by atoms with E-state index >= 15 is 0 Å². The maximum Gasteiger partial charge on any atom is 0.320 e. The second-order valence-electron chi connectivity index (χ2n) is 3.02. The van der Waals surface area contributed by atoms with Gasteiger partial charge in [-0.3, -0.25) is 9.62 Å². The SMILES string of the molecule is CN=CNc1no[n+]([O-])c1-c1ccccc1.